The molecule has 0 N–H and O–H groups in total. The van der Waals surface area contributed by atoms with Gasteiger partial charge in [0.15, 0.2) is 5.78 Å². The third-order valence-electron chi connectivity index (χ3n) is 2.39. The van der Waals surface area contributed by atoms with Crippen LogP contribution in [0.3, 0.4) is 0 Å². The van der Waals surface area contributed by atoms with Gasteiger partial charge in [-0.2, -0.15) is 0 Å². The number of carbonyl (C=O) groups is 2. The lowest BCUT2D eigenvalue weighted by Crippen LogP contribution is -2.13. The van der Waals surface area contributed by atoms with Crippen LogP contribution in [0.2, 0.25) is 0 Å². The number of benzene rings is 1. The molecule has 4 heteroatoms. The van der Waals surface area contributed by atoms with Gasteiger partial charge in [0.2, 0.25) is 0 Å². The average molecular weight is 262 g/mol. The summed E-state index contributed by atoms with van der Waals surface area (Å²) in [4.78, 5) is 23.2. The van der Waals surface area contributed by atoms with Crippen molar-refractivity contribution < 1.29 is 19.1 Å². The van der Waals surface area contributed by atoms with E-state index < -0.39 is 5.97 Å². The summed E-state index contributed by atoms with van der Waals surface area (Å²) in [6, 6.07) is 7.23. The molecule has 0 fully saturated rings. The largest absolute Gasteiger partial charge is 0.493 e. The van der Waals surface area contributed by atoms with Gasteiger partial charge in [-0.3, -0.25) is 4.79 Å². The van der Waals surface area contributed by atoms with Gasteiger partial charge in [0.25, 0.3) is 0 Å². The lowest BCUT2D eigenvalue weighted by Gasteiger charge is -2.08. The molecular formula is C15H18O4. The molecule has 4 nitrogen and oxygen atoms in total. The zero-order valence-corrected chi connectivity index (χ0v) is 11.4. The molecule has 0 amide bonds. The van der Waals surface area contributed by atoms with Gasteiger partial charge in [-0.15, -0.1) is 0 Å². The molecule has 0 spiro atoms. The molecule has 0 bridgehead atoms. The molecule has 0 aliphatic rings. The maximum atomic E-state index is 11.7. The number of carbonyl (C=O) groups excluding carboxylic acids is 2. The minimum Gasteiger partial charge on any atom is -0.493 e. The zero-order chi connectivity index (χ0) is 14.3. The molecule has 0 aliphatic carbocycles. The summed E-state index contributed by atoms with van der Waals surface area (Å²) < 4.78 is 10.3. The minimum absolute atomic E-state index is 0.0222. The molecule has 0 saturated carbocycles. The Labute approximate surface area is 113 Å². The maximum absolute atomic E-state index is 11.7. The van der Waals surface area contributed by atoms with Crippen molar-refractivity contribution in [3.05, 3.63) is 35.4 Å². The van der Waals surface area contributed by atoms with Gasteiger partial charge in [-0.25, -0.2) is 4.79 Å². The quantitative estimate of drug-likeness (QED) is 0.342. The van der Waals surface area contributed by atoms with Crippen molar-refractivity contribution in [3.8, 4) is 5.75 Å². The SMILES string of the molecule is CCOC(=O)C(=Cc1ccccc1OCC)C(C)=O. The topological polar surface area (TPSA) is 52.6 Å². The molecule has 102 valence electrons. The summed E-state index contributed by atoms with van der Waals surface area (Å²) >= 11 is 0. The number of hydrogen-bond acceptors (Lipinski definition) is 4. The van der Waals surface area contributed by atoms with Crippen LogP contribution in [0.1, 0.15) is 26.3 Å². The highest BCUT2D eigenvalue weighted by atomic mass is 16.5. The number of esters is 1. The summed E-state index contributed by atoms with van der Waals surface area (Å²) in [5.74, 6) is -0.306. The predicted octanol–water partition coefficient (Wildman–Crippen LogP) is 2.62. The monoisotopic (exact) mass is 262 g/mol. The second-order valence-electron chi connectivity index (χ2n) is 3.81. The summed E-state index contributed by atoms with van der Waals surface area (Å²) in [6.07, 6.45) is 1.51. The lowest BCUT2D eigenvalue weighted by atomic mass is 10.1. The standard InChI is InChI=1S/C15H18O4/c1-4-18-14-9-7-6-8-12(14)10-13(11(3)16)15(17)19-5-2/h6-10H,4-5H2,1-3H3. The van der Waals surface area contributed by atoms with Crippen molar-refractivity contribution in [1.29, 1.82) is 0 Å². The van der Waals surface area contributed by atoms with E-state index >= 15 is 0 Å². The molecule has 0 aliphatic heterocycles. The Morgan fingerprint density at radius 3 is 2.42 bits per heavy atom. The lowest BCUT2D eigenvalue weighted by molar-refractivity contribution is -0.139. The van der Waals surface area contributed by atoms with Crippen LogP contribution in [-0.4, -0.2) is 25.0 Å². The predicted molar refractivity (Wildman–Crippen MR) is 72.9 cm³/mol. The van der Waals surface area contributed by atoms with E-state index in [1.54, 1.807) is 19.1 Å². The number of Topliss-reactive ketones (excluding diaryl/α,β-unsaturated/α-hetero) is 1. The fourth-order valence-electron chi connectivity index (χ4n) is 1.56. The fourth-order valence-corrected chi connectivity index (χ4v) is 1.56. The molecule has 0 aromatic heterocycles. The van der Waals surface area contributed by atoms with E-state index in [0.29, 0.717) is 17.9 Å². The molecule has 1 aromatic carbocycles. The second-order valence-corrected chi connectivity index (χ2v) is 3.81. The highest BCUT2D eigenvalue weighted by molar-refractivity contribution is 6.19. The van der Waals surface area contributed by atoms with Gasteiger partial charge in [-0.1, -0.05) is 18.2 Å². The molecule has 1 rings (SSSR count). The third kappa shape index (κ3) is 4.25. The number of ketones is 1. The smallest absolute Gasteiger partial charge is 0.341 e. The van der Waals surface area contributed by atoms with Crippen LogP contribution >= 0.6 is 0 Å². The highest BCUT2D eigenvalue weighted by Gasteiger charge is 2.16. The van der Waals surface area contributed by atoms with Gasteiger partial charge in [0, 0.05) is 5.56 Å². The molecule has 19 heavy (non-hydrogen) atoms. The summed E-state index contributed by atoms with van der Waals surface area (Å²) in [5.41, 5.74) is 0.705. The molecule has 0 atom stereocenters. The van der Waals surface area contributed by atoms with E-state index in [9.17, 15) is 9.59 Å². The maximum Gasteiger partial charge on any atom is 0.341 e. The van der Waals surface area contributed by atoms with Crippen molar-refractivity contribution in [1.82, 2.24) is 0 Å². The average Bonchev–Trinajstić information content (AvgIpc) is 2.37. The third-order valence-corrected chi connectivity index (χ3v) is 2.39. The van der Waals surface area contributed by atoms with Crippen LogP contribution in [0.4, 0.5) is 0 Å². The van der Waals surface area contributed by atoms with Crippen molar-refractivity contribution >= 4 is 17.8 Å². The van der Waals surface area contributed by atoms with Crippen LogP contribution in [0, 0.1) is 0 Å². The number of ether oxygens (including phenoxy) is 2. The highest BCUT2D eigenvalue weighted by Crippen LogP contribution is 2.21. The van der Waals surface area contributed by atoms with Crippen molar-refractivity contribution in [2.45, 2.75) is 20.8 Å². The molecule has 0 radical (unpaired) electrons. The van der Waals surface area contributed by atoms with E-state index in [-0.39, 0.29) is 18.0 Å². The number of hydrogen-bond donors (Lipinski definition) is 0. The Bertz CT molecular complexity index is 489. The molecular weight excluding hydrogens is 244 g/mol. The van der Waals surface area contributed by atoms with Gasteiger partial charge >= 0.3 is 5.97 Å². The van der Waals surface area contributed by atoms with Crippen molar-refractivity contribution in [2.24, 2.45) is 0 Å². The van der Waals surface area contributed by atoms with E-state index in [2.05, 4.69) is 0 Å². The fraction of sp³-hybridized carbons (Fsp3) is 0.333. The Hall–Kier alpha value is -2.10. The van der Waals surface area contributed by atoms with E-state index in [1.807, 2.05) is 19.1 Å². The van der Waals surface area contributed by atoms with E-state index in [0.717, 1.165) is 0 Å². The van der Waals surface area contributed by atoms with Gasteiger partial charge < -0.3 is 9.47 Å². The Morgan fingerprint density at radius 1 is 1.16 bits per heavy atom. The molecule has 0 unspecified atom stereocenters. The second kappa shape index (κ2) is 7.36. The van der Waals surface area contributed by atoms with E-state index in [1.165, 1.54) is 13.0 Å². The van der Waals surface area contributed by atoms with Crippen LogP contribution in [-0.2, 0) is 14.3 Å². The molecule has 1 aromatic rings. The summed E-state index contributed by atoms with van der Waals surface area (Å²) in [5, 5.41) is 0. The van der Waals surface area contributed by atoms with Gasteiger partial charge in [0.1, 0.15) is 11.3 Å². The van der Waals surface area contributed by atoms with Gasteiger partial charge in [0.05, 0.1) is 13.2 Å². The van der Waals surface area contributed by atoms with Crippen LogP contribution in [0.5, 0.6) is 5.75 Å². The molecule has 0 saturated heterocycles. The first-order valence-corrected chi connectivity index (χ1v) is 6.21. The molecule has 0 heterocycles. The zero-order valence-electron chi connectivity index (χ0n) is 11.4. The van der Waals surface area contributed by atoms with Crippen molar-refractivity contribution in [3.63, 3.8) is 0 Å². The van der Waals surface area contributed by atoms with E-state index in [4.69, 9.17) is 9.47 Å². The Balaban J connectivity index is 3.15. The van der Waals surface area contributed by atoms with Crippen LogP contribution in [0.25, 0.3) is 6.08 Å². The number of para-hydroxylation sites is 1. The van der Waals surface area contributed by atoms with Crippen LogP contribution in [0.15, 0.2) is 29.8 Å². The normalized spacial score (nSPS) is 11.0. The first-order chi connectivity index (χ1) is 9.10. The van der Waals surface area contributed by atoms with Crippen LogP contribution < -0.4 is 4.74 Å². The Kier molecular flexibility index (Phi) is 5.79. The summed E-state index contributed by atoms with van der Waals surface area (Å²) in [6.45, 7) is 5.66. The first kappa shape index (κ1) is 15.0. The first-order valence-electron chi connectivity index (χ1n) is 6.21. The summed E-state index contributed by atoms with van der Waals surface area (Å²) in [7, 11) is 0. The van der Waals surface area contributed by atoms with Gasteiger partial charge in [-0.05, 0) is 32.9 Å². The Morgan fingerprint density at radius 2 is 1.84 bits per heavy atom. The van der Waals surface area contributed by atoms with Crippen molar-refractivity contribution in [2.75, 3.05) is 13.2 Å². The minimum atomic E-state index is -0.610. The number of rotatable bonds is 6.